The molecule has 1 unspecified atom stereocenters. The fourth-order valence-corrected chi connectivity index (χ4v) is 1.16. The van der Waals surface area contributed by atoms with Crippen molar-refractivity contribution < 1.29 is 13.2 Å². The van der Waals surface area contributed by atoms with Crippen molar-refractivity contribution in [3.8, 4) is 0 Å². The Labute approximate surface area is 79.9 Å². The van der Waals surface area contributed by atoms with Crippen LogP contribution < -0.4 is 0 Å². The normalized spacial score (nSPS) is 14.5. The van der Waals surface area contributed by atoms with E-state index in [1.54, 1.807) is 0 Å². The Morgan fingerprint density at radius 2 is 2.31 bits per heavy atom. The fourth-order valence-electron chi connectivity index (χ4n) is 0.961. The zero-order valence-electron chi connectivity index (χ0n) is 7.35. The Hall–Kier alpha value is -0.640. The van der Waals surface area contributed by atoms with Crippen LogP contribution in [0.4, 0.5) is 8.78 Å². The first-order chi connectivity index (χ1) is 5.96. The maximum Gasteiger partial charge on any atom is 0.254 e. The van der Waals surface area contributed by atoms with Gasteiger partial charge in [-0.15, -0.1) is 11.6 Å². The van der Waals surface area contributed by atoms with Gasteiger partial charge >= 0.3 is 0 Å². The van der Waals surface area contributed by atoms with E-state index in [0.29, 0.717) is 5.69 Å². The number of hydrogen-bond acceptors (Lipinski definition) is 2. The summed E-state index contributed by atoms with van der Waals surface area (Å²) >= 11 is 5.50. The fraction of sp³-hybridized carbons (Fsp3) is 0.625. The largest absolute Gasteiger partial charge is 0.448 e. The first-order valence-electron chi connectivity index (χ1n) is 3.83. The molecule has 1 rings (SSSR count). The number of oxazole rings is 1. The summed E-state index contributed by atoms with van der Waals surface area (Å²) in [6.07, 6.45) is 1.13. The highest BCUT2D eigenvalue weighted by atomic mass is 35.5. The van der Waals surface area contributed by atoms with Gasteiger partial charge in [-0.25, -0.2) is 13.8 Å². The van der Waals surface area contributed by atoms with Crippen LogP contribution in [0.25, 0.3) is 0 Å². The molecule has 0 aliphatic carbocycles. The first kappa shape index (κ1) is 10.4. The lowest BCUT2D eigenvalue weighted by Gasteiger charge is -2.17. The van der Waals surface area contributed by atoms with Gasteiger partial charge in [0, 0.05) is 6.92 Å². The molecule has 0 fully saturated rings. The predicted octanol–water partition coefficient (Wildman–Crippen LogP) is 3.17. The van der Waals surface area contributed by atoms with E-state index >= 15 is 0 Å². The maximum atomic E-state index is 12.9. The molecule has 1 aromatic heterocycles. The summed E-state index contributed by atoms with van der Waals surface area (Å²) in [6.45, 7) is 2.23. The zero-order chi connectivity index (χ0) is 10.1. The SMILES string of the molecule is CC(c1ocnc1CCl)C(C)(F)F. The summed E-state index contributed by atoms with van der Waals surface area (Å²) in [7, 11) is 0. The standard InChI is InChI=1S/C8H10ClF2NO/c1-5(8(2,10)11)7-6(3-9)12-4-13-7/h4-5H,3H2,1-2H3. The van der Waals surface area contributed by atoms with Gasteiger partial charge in [0.05, 0.1) is 17.5 Å². The number of alkyl halides is 3. The Morgan fingerprint density at radius 3 is 2.77 bits per heavy atom. The van der Waals surface area contributed by atoms with Crippen molar-refractivity contribution in [2.24, 2.45) is 0 Å². The van der Waals surface area contributed by atoms with E-state index in [9.17, 15) is 8.78 Å². The minimum absolute atomic E-state index is 0.0895. The summed E-state index contributed by atoms with van der Waals surface area (Å²) < 4.78 is 30.6. The van der Waals surface area contributed by atoms with Gasteiger partial charge in [-0.2, -0.15) is 0 Å². The van der Waals surface area contributed by atoms with Crippen LogP contribution in [-0.2, 0) is 5.88 Å². The second-order valence-corrected chi connectivity index (χ2v) is 3.24. The molecular weight excluding hydrogens is 200 g/mol. The molecule has 1 heterocycles. The lowest BCUT2D eigenvalue weighted by atomic mass is 10.0. The van der Waals surface area contributed by atoms with Crippen molar-refractivity contribution in [2.75, 3.05) is 0 Å². The molecule has 0 saturated carbocycles. The minimum Gasteiger partial charge on any atom is -0.448 e. The predicted molar refractivity (Wildman–Crippen MR) is 45.1 cm³/mol. The molecule has 0 bridgehead atoms. The van der Waals surface area contributed by atoms with Crippen LogP contribution in [0, 0.1) is 0 Å². The van der Waals surface area contributed by atoms with Crippen molar-refractivity contribution in [3.63, 3.8) is 0 Å². The Bertz CT molecular complexity index is 282. The number of halogens is 3. The van der Waals surface area contributed by atoms with E-state index < -0.39 is 11.8 Å². The molecule has 1 atom stereocenters. The van der Waals surface area contributed by atoms with Gasteiger partial charge < -0.3 is 4.42 Å². The van der Waals surface area contributed by atoms with Crippen LogP contribution in [0.5, 0.6) is 0 Å². The van der Waals surface area contributed by atoms with Gasteiger partial charge in [0.15, 0.2) is 6.39 Å². The molecule has 5 heteroatoms. The van der Waals surface area contributed by atoms with Gasteiger partial charge in [0.2, 0.25) is 0 Å². The van der Waals surface area contributed by atoms with E-state index in [0.717, 1.165) is 13.3 Å². The smallest absolute Gasteiger partial charge is 0.254 e. The van der Waals surface area contributed by atoms with E-state index in [-0.39, 0.29) is 11.6 Å². The van der Waals surface area contributed by atoms with E-state index in [1.807, 2.05) is 0 Å². The highest BCUT2D eigenvalue weighted by Crippen LogP contribution is 2.34. The summed E-state index contributed by atoms with van der Waals surface area (Å²) in [4.78, 5) is 3.74. The highest BCUT2D eigenvalue weighted by Gasteiger charge is 2.35. The maximum absolute atomic E-state index is 12.9. The third-order valence-electron chi connectivity index (χ3n) is 1.95. The third kappa shape index (κ3) is 2.18. The molecule has 1 aromatic rings. The second-order valence-electron chi connectivity index (χ2n) is 2.97. The van der Waals surface area contributed by atoms with Gasteiger partial charge in [-0.1, -0.05) is 0 Å². The molecule has 0 N–H and O–H groups in total. The first-order valence-corrected chi connectivity index (χ1v) is 4.36. The molecule has 74 valence electrons. The van der Waals surface area contributed by atoms with Crippen molar-refractivity contribution in [1.29, 1.82) is 0 Å². The van der Waals surface area contributed by atoms with E-state index in [1.165, 1.54) is 6.92 Å². The average molecular weight is 210 g/mol. The number of nitrogens with zero attached hydrogens (tertiary/aromatic N) is 1. The zero-order valence-corrected chi connectivity index (χ0v) is 8.11. The van der Waals surface area contributed by atoms with Crippen LogP contribution in [0.1, 0.15) is 31.2 Å². The Kier molecular flexibility index (Phi) is 2.91. The molecule has 0 aliphatic rings. The van der Waals surface area contributed by atoms with Crippen LogP contribution in [-0.4, -0.2) is 10.9 Å². The molecule has 0 amide bonds. The summed E-state index contributed by atoms with van der Waals surface area (Å²) in [5.41, 5.74) is 0.385. The van der Waals surface area contributed by atoms with Crippen LogP contribution in [0.2, 0.25) is 0 Å². The molecule has 0 aliphatic heterocycles. The second kappa shape index (κ2) is 3.62. The molecule has 0 radical (unpaired) electrons. The highest BCUT2D eigenvalue weighted by molar-refractivity contribution is 6.16. The molecule has 0 spiro atoms. The molecule has 0 aromatic carbocycles. The van der Waals surface area contributed by atoms with Crippen molar-refractivity contribution in [3.05, 3.63) is 17.8 Å². The number of rotatable bonds is 3. The quantitative estimate of drug-likeness (QED) is 0.715. The summed E-state index contributed by atoms with van der Waals surface area (Å²) in [6, 6.07) is 0. The third-order valence-corrected chi connectivity index (χ3v) is 2.21. The number of aromatic nitrogens is 1. The van der Waals surface area contributed by atoms with E-state index in [2.05, 4.69) is 4.98 Å². The van der Waals surface area contributed by atoms with Gasteiger partial charge in [-0.05, 0) is 6.92 Å². The van der Waals surface area contributed by atoms with Crippen molar-refractivity contribution in [1.82, 2.24) is 4.98 Å². The van der Waals surface area contributed by atoms with Crippen LogP contribution in [0.15, 0.2) is 10.8 Å². The molecule has 13 heavy (non-hydrogen) atoms. The monoisotopic (exact) mass is 209 g/mol. The summed E-state index contributed by atoms with van der Waals surface area (Å²) in [5, 5.41) is 0. The topological polar surface area (TPSA) is 26.0 Å². The average Bonchev–Trinajstić information content (AvgIpc) is 2.48. The Morgan fingerprint density at radius 1 is 1.69 bits per heavy atom. The van der Waals surface area contributed by atoms with Crippen LogP contribution >= 0.6 is 11.6 Å². The van der Waals surface area contributed by atoms with E-state index in [4.69, 9.17) is 16.0 Å². The minimum atomic E-state index is -2.82. The molecule has 2 nitrogen and oxygen atoms in total. The number of hydrogen-bond donors (Lipinski definition) is 0. The molecular formula is C8H10ClF2NO. The lowest BCUT2D eigenvalue weighted by Crippen LogP contribution is -2.19. The van der Waals surface area contributed by atoms with Crippen molar-refractivity contribution >= 4 is 11.6 Å². The Balaban J connectivity index is 2.94. The van der Waals surface area contributed by atoms with Gasteiger partial charge in [0.1, 0.15) is 5.76 Å². The molecule has 0 saturated heterocycles. The van der Waals surface area contributed by atoms with Gasteiger partial charge in [-0.3, -0.25) is 0 Å². The van der Waals surface area contributed by atoms with Gasteiger partial charge in [0.25, 0.3) is 5.92 Å². The van der Waals surface area contributed by atoms with Crippen molar-refractivity contribution in [2.45, 2.75) is 31.6 Å². The van der Waals surface area contributed by atoms with Crippen LogP contribution in [0.3, 0.4) is 0 Å². The summed E-state index contributed by atoms with van der Waals surface area (Å²) in [5.74, 6) is -3.56. The lowest BCUT2D eigenvalue weighted by molar-refractivity contribution is -0.00859.